The first-order valence-electron chi connectivity index (χ1n) is 5.45. The number of nitrogen functional groups attached to an aromatic ring is 1. The molecule has 0 atom stereocenters. The molecule has 3 nitrogen and oxygen atoms in total. The molecule has 0 heterocycles. The van der Waals surface area contributed by atoms with Crippen LogP contribution in [0.15, 0.2) is 12.1 Å². The van der Waals surface area contributed by atoms with Gasteiger partial charge < -0.3 is 15.8 Å². The van der Waals surface area contributed by atoms with Gasteiger partial charge in [0, 0.05) is 18.8 Å². The Hall–Kier alpha value is -0.930. The Kier molecular flexibility index (Phi) is 3.26. The van der Waals surface area contributed by atoms with Gasteiger partial charge in [0.15, 0.2) is 0 Å². The molecule has 0 saturated heterocycles. The van der Waals surface area contributed by atoms with Crippen molar-refractivity contribution < 1.29 is 4.74 Å². The highest BCUT2D eigenvalue weighted by Crippen LogP contribution is 2.31. The van der Waals surface area contributed by atoms with E-state index in [1.165, 1.54) is 0 Å². The van der Waals surface area contributed by atoms with E-state index in [0.717, 1.165) is 24.1 Å². The molecule has 0 radical (unpaired) electrons. The predicted molar refractivity (Wildman–Crippen MR) is 68.0 cm³/mol. The second kappa shape index (κ2) is 4.52. The van der Waals surface area contributed by atoms with E-state index in [2.05, 4.69) is 5.32 Å². The Balaban J connectivity index is 2.02. The van der Waals surface area contributed by atoms with E-state index < -0.39 is 0 Å². The fraction of sp³-hybridized carbons (Fsp3) is 0.500. The summed E-state index contributed by atoms with van der Waals surface area (Å²) in [6.07, 6.45) is 2.51. The van der Waals surface area contributed by atoms with Crippen molar-refractivity contribution in [3.8, 4) is 0 Å². The number of ether oxygens (including phenoxy) is 1. The van der Waals surface area contributed by atoms with Crippen LogP contribution in [0.3, 0.4) is 0 Å². The van der Waals surface area contributed by atoms with Gasteiger partial charge in [-0.15, -0.1) is 0 Å². The van der Waals surface area contributed by atoms with Crippen LogP contribution in [0.5, 0.6) is 0 Å². The van der Waals surface area contributed by atoms with Crippen molar-refractivity contribution in [3.63, 3.8) is 0 Å². The number of methoxy groups -OCH3 is 1. The minimum Gasteiger partial charge on any atom is -0.398 e. The van der Waals surface area contributed by atoms with Gasteiger partial charge in [0.1, 0.15) is 0 Å². The number of hydrogen-bond donors (Lipinski definition) is 2. The maximum atomic E-state index is 6.00. The smallest absolute Gasteiger partial charge is 0.0656 e. The highest BCUT2D eigenvalue weighted by molar-refractivity contribution is 6.33. The molecule has 0 aliphatic heterocycles. The molecule has 0 amide bonds. The monoisotopic (exact) mass is 240 g/mol. The van der Waals surface area contributed by atoms with E-state index in [4.69, 9.17) is 22.1 Å². The lowest BCUT2D eigenvalue weighted by molar-refractivity contribution is 0.0328. The Morgan fingerprint density at radius 3 is 2.75 bits per heavy atom. The van der Waals surface area contributed by atoms with Crippen molar-refractivity contribution in [2.75, 3.05) is 18.2 Å². The lowest BCUT2D eigenvalue weighted by Crippen LogP contribution is -2.40. The number of halogens is 1. The fourth-order valence-electron chi connectivity index (χ4n) is 1.96. The van der Waals surface area contributed by atoms with Crippen molar-refractivity contribution in [2.45, 2.75) is 31.9 Å². The van der Waals surface area contributed by atoms with Gasteiger partial charge >= 0.3 is 0 Å². The SMILES string of the molecule is COC1CC(Nc2cc(Cl)c(N)cc2C)C1. The van der Waals surface area contributed by atoms with E-state index in [-0.39, 0.29) is 0 Å². The molecule has 0 unspecified atom stereocenters. The van der Waals surface area contributed by atoms with Crippen LogP contribution < -0.4 is 11.1 Å². The van der Waals surface area contributed by atoms with Crippen molar-refractivity contribution in [2.24, 2.45) is 0 Å². The molecule has 2 rings (SSSR count). The van der Waals surface area contributed by atoms with Crippen molar-refractivity contribution in [1.82, 2.24) is 0 Å². The third-order valence-electron chi connectivity index (χ3n) is 3.13. The first-order valence-corrected chi connectivity index (χ1v) is 5.83. The predicted octanol–water partition coefficient (Wildman–Crippen LogP) is 2.82. The zero-order valence-electron chi connectivity index (χ0n) is 9.59. The van der Waals surface area contributed by atoms with Crippen LogP contribution >= 0.6 is 11.6 Å². The van der Waals surface area contributed by atoms with Gasteiger partial charge in [0.2, 0.25) is 0 Å². The lowest BCUT2D eigenvalue weighted by Gasteiger charge is -2.35. The van der Waals surface area contributed by atoms with Crippen LogP contribution in [0.4, 0.5) is 11.4 Å². The summed E-state index contributed by atoms with van der Waals surface area (Å²) >= 11 is 6.00. The standard InChI is InChI=1S/C12H17ClN2O/c1-7-3-11(14)10(13)6-12(7)15-8-4-9(5-8)16-2/h3,6,8-9,15H,4-5,14H2,1-2H3. The molecule has 3 N–H and O–H groups in total. The second-order valence-corrected chi connectivity index (χ2v) is 4.77. The third kappa shape index (κ3) is 2.25. The van der Waals surface area contributed by atoms with Gasteiger partial charge in [-0.3, -0.25) is 0 Å². The average Bonchev–Trinajstić information content (AvgIpc) is 2.18. The molecule has 4 heteroatoms. The van der Waals surface area contributed by atoms with Crippen LogP contribution in [0, 0.1) is 6.92 Å². The Labute approximate surface area is 101 Å². The van der Waals surface area contributed by atoms with E-state index >= 15 is 0 Å². The molecule has 1 fully saturated rings. The number of benzene rings is 1. The van der Waals surface area contributed by atoms with Crippen LogP contribution in [-0.2, 0) is 4.74 Å². The number of anilines is 2. The second-order valence-electron chi connectivity index (χ2n) is 4.36. The summed E-state index contributed by atoms with van der Waals surface area (Å²) in [4.78, 5) is 0. The summed E-state index contributed by atoms with van der Waals surface area (Å²) in [5, 5.41) is 4.07. The van der Waals surface area contributed by atoms with Gasteiger partial charge in [-0.25, -0.2) is 0 Å². The maximum Gasteiger partial charge on any atom is 0.0656 e. The Bertz CT molecular complexity index is 389. The third-order valence-corrected chi connectivity index (χ3v) is 3.46. The summed E-state index contributed by atoms with van der Waals surface area (Å²) < 4.78 is 5.24. The highest BCUT2D eigenvalue weighted by Gasteiger charge is 2.29. The summed E-state index contributed by atoms with van der Waals surface area (Å²) in [7, 11) is 1.76. The summed E-state index contributed by atoms with van der Waals surface area (Å²) in [6.45, 7) is 2.03. The Morgan fingerprint density at radius 1 is 1.44 bits per heavy atom. The van der Waals surface area contributed by atoms with Crippen molar-refractivity contribution in [1.29, 1.82) is 0 Å². The van der Waals surface area contributed by atoms with Gasteiger partial charge in [-0.2, -0.15) is 0 Å². The summed E-state index contributed by atoms with van der Waals surface area (Å²) in [5.74, 6) is 0. The minimum atomic E-state index is 0.405. The van der Waals surface area contributed by atoms with Gasteiger partial charge in [-0.1, -0.05) is 11.6 Å². The van der Waals surface area contributed by atoms with E-state index in [1.54, 1.807) is 7.11 Å². The summed E-state index contributed by atoms with van der Waals surface area (Å²) in [6, 6.07) is 4.28. The topological polar surface area (TPSA) is 47.3 Å². The maximum absolute atomic E-state index is 6.00. The quantitative estimate of drug-likeness (QED) is 0.799. The Morgan fingerprint density at radius 2 is 2.12 bits per heavy atom. The number of rotatable bonds is 3. The first-order chi connectivity index (χ1) is 7.60. The van der Waals surface area contributed by atoms with E-state index in [1.807, 2.05) is 19.1 Å². The molecule has 88 valence electrons. The average molecular weight is 241 g/mol. The molecule has 16 heavy (non-hydrogen) atoms. The van der Waals surface area contributed by atoms with Crippen LogP contribution in [0.25, 0.3) is 0 Å². The lowest BCUT2D eigenvalue weighted by atomic mass is 9.89. The molecule has 1 aliphatic rings. The van der Waals surface area contributed by atoms with E-state index in [0.29, 0.717) is 22.9 Å². The van der Waals surface area contributed by atoms with Gasteiger partial charge in [-0.05, 0) is 37.5 Å². The van der Waals surface area contributed by atoms with Crippen LogP contribution in [-0.4, -0.2) is 19.3 Å². The van der Waals surface area contributed by atoms with Crippen molar-refractivity contribution >= 4 is 23.0 Å². The highest BCUT2D eigenvalue weighted by atomic mass is 35.5. The number of nitrogens with one attached hydrogen (secondary N) is 1. The molecule has 1 aromatic carbocycles. The van der Waals surface area contributed by atoms with Gasteiger partial charge in [0.05, 0.1) is 16.8 Å². The molecular weight excluding hydrogens is 224 g/mol. The molecule has 1 aromatic rings. The zero-order valence-corrected chi connectivity index (χ0v) is 10.3. The molecule has 0 bridgehead atoms. The number of aryl methyl sites for hydroxylation is 1. The first kappa shape index (κ1) is 11.6. The molecule has 1 aliphatic carbocycles. The largest absolute Gasteiger partial charge is 0.398 e. The molecule has 0 spiro atoms. The molecule has 0 aromatic heterocycles. The van der Waals surface area contributed by atoms with Gasteiger partial charge in [0.25, 0.3) is 0 Å². The normalized spacial score (nSPS) is 23.9. The molecular formula is C12H17ClN2O. The summed E-state index contributed by atoms with van der Waals surface area (Å²) in [5.41, 5.74) is 8.56. The van der Waals surface area contributed by atoms with Crippen molar-refractivity contribution in [3.05, 3.63) is 22.7 Å². The van der Waals surface area contributed by atoms with E-state index in [9.17, 15) is 0 Å². The number of nitrogens with two attached hydrogens (primary N) is 1. The molecule has 1 saturated carbocycles. The van der Waals surface area contributed by atoms with Crippen LogP contribution in [0.1, 0.15) is 18.4 Å². The zero-order chi connectivity index (χ0) is 11.7. The minimum absolute atomic E-state index is 0.405. The van der Waals surface area contributed by atoms with Crippen LogP contribution in [0.2, 0.25) is 5.02 Å². The fourth-order valence-corrected chi connectivity index (χ4v) is 2.12. The number of hydrogen-bond acceptors (Lipinski definition) is 3.